The van der Waals surface area contributed by atoms with E-state index in [1.807, 2.05) is 30.3 Å². The third-order valence-corrected chi connectivity index (χ3v) is 5.74. The van der Waals surface area contributed by atoms with E-state index in [0.29, 0.717) is 35.0 Å². The van der Waals surface area contributed by atoms with E-state index < -0.39 is 6.67 Å². The summed E-state index contributed by atoms with van der Waals surface area (Å²) >= 11 is 0. The van der Waals surface area contributed by atoms with Crippen molar-refractivity contribution in [2.24, 2.45) is 0 Å². The van der Waals surface area contributed by atoms with Crippen molar-refractivity contribution in [3.8, 4) is 0 Å². The number of hydrogen-bond donors (Lipinski definition) is 2. The summed E-state index contributed by atoms with van der Waals surface area (Å²) < 4.78 is 18.6. The number of anilines is 2. The SMILES string of the molecule is O=C(OCCC1CCCCCN1)c1ccccc1Nc1ccnc2cc(CF)ccc12. The minimum absolute atomic E-state index is 0.338. The Kier molecular flexibility index (Phi) is 7.10. The number of carbonyl (C=O) groups is 1. The zero-order valence-corrected chi connectivity index (χ0v) is 17.6. The molecule has 1 aliphatic heterocycles. The van der Waals surface area contributed by atoms with Gasteiger partial charge in [0.05, 0.1) is 23.4 Å². The van der Waals surface area contributed by atoms with E-state index in [2.05, 4.69) is 15.6 Å². The predicted octanol–water partition coefficient (Wildman–Crippen LogP) is 5.53. The molecule has 2 heterocycles. The molecular formula is C25H28FN3O2. The first-order valence-corrected chi connectivity index (χ1v) is 10.9. The number of pyridine rings is 1. The van der Waals surface area contributed by atoms with Crippen LogP contribution in [0.15, 0.2) is 54.7 Å². The standard InChI is InChI=1S/C25H28FN3O2/c26-17-18-9-10-20-23(11-14-28-24(20)16-18)29-22-8-4-3-7-21(22)25(30)31-15-12-19-6-2-1-5-13-27-19/h3-4,7-11,14,16,19,27H,1-2,5-6,12-13,15,17H2,(H,28,29). The lowest BCUT2D eigenvalue weighted by Gasteiger charge is -2.16. The van der Waals surface area contributed by atoms with Gasteiger partial charge in [-0.25, -0.2) is 9.18 Å². The Morgan fingerprint density at radius 2 is 2.03 bits per heavy atom. The van der Waals surface area contributed by atoms with E-state index in [-0.39, 0.29) is 5.97 Å². The van der Waals surface area contributed by atoms with Crippen LogP contribution in [-0.4, -0.2) is 30.1 Å². The number of alkyl halides is 1. The fourth-order valence-corrected chi connectivity index (χ4v) is 4.02. The average molecular weight is 422 g/mol. The Labute approximate surface area is 182 Å². The molecule has 3 aromatic rings. The third-order valence-electron chi connectivity index (χ3n) is 5.74. The molecule has 0 spiro atoms. The van der Waals surface area contributed by atoms with Crippen molar-refractivity contribution in [3.63, 3.8) is 0 Å². The molecule has 1 unspecified atom stereocenters. The van der Waals surface area contributed by atoms with Crippen LogP contribution in [0.4, 0.5) is 15.8 Å². The van der Waals surface area contributed by atoms with Crippen LogP contribution in [0.5, 0.6) is 0 Å². The second kappa shape index (κ2) is 10.4. The smallest absolute Gasteiger partial charge is 0.340 e. The van der Waals surface area contributed by atoms with Crippen molar-refractivity contribution in [1.29, 1.82) is 0 Å². The third kappa shape index (κ3) is 5.39. The van der Waals surface area contributed by atoms with Crippen molar-refractivity contribution >= 4 is 28.2 Å². The summed E-state index contributed by atoms with van der Waals surface area (Å²) in [5, 5.41) is 7.73. The van der Waals surface area contributed by atoms with Gasteiger partial charge in [0, 0.05) is 23.3 Å². The van der Waals surface area contributed by atoms with Crippen LogP contribution in [0, 0.1) is 0 Å². The molecule has 1 saturated heterocycles. The molecule has 1 atom stereocenters. The molecule has 31 heavy (non-hydrogen) atoms. The van der Waals surface area contributed by atoms with E-state index in [0.717, 1.165) is 30.5 Å². The summed E-state index contributed by atoms with van der Waals surface area (Å²) in [4.78, 5) is 17.1. The number of ether oxygens (including phenoxy) is 1. The van der Waals surface area contributed by atoms with Crippen molar-refractivity contribution < 1.29 is 13.9 Å². The van der Waals surface area contributed by atoms with Gasteiger partial charge in [0.1, 0.15) is 6.67 Å². The monoisotopic (exact) mass is 421 g/mol. The molecule has 1 aliphatic rings. The van der Waals surface area contributed by atoms with E-state index >= 15 is 0 Å². The molecule has 6 heteroatoms. The number of halogens is 1. The summed E-state index contributed by atoms with van der Waals surface area (Å²) in [6.07, 6.45) is 7.34. The van der Waals surface area contributed by atoms with E-state index in [9.17, 15) is 9.18 Å². The highest BCUT2D eigenvalue weighted by Crippen LogP contribution is 2.28. The minimum Gasteiger partial charge on any atom is -0.462 e. The number of aromatic nitrogens is 1. The number of benzene rings is 2. The topological polar surface area (TPSA) is 63.2 Å². The first-order chi connectivity index (χ1) is 15.2. The van der Waals surface area contributed by atoms with Gasteiger partial charge in [-0.2, -0.15) is 0 Å². The molecule has 4 rings (SSSR count). The van der Waals surface area contributed by atoms with Crippen LogP contribution in [0.1, 0.15) is 48.0 Å². The van der Waals surface area contributed by atoms with Crippen LogP contribution in [0.3, 0.4) is 0 Å². The van der Waals surface area contributed by atoms with Crippen molar-refractivity contribution in [3.05, 3.63) is 65.9 Å². The van der Waals surface area contributed by atoms with E-state index in [1.54, 1.807) is 24.4 Å². The molecule has 2 N–H and O–H groups in total. The second-order valence-corrected chi connectivity index (χ2v) is 7.94. The number of rotatable bonds is 7. The van der Waals surface area contributed by atoms with Gasteiger partial charge < -0.3 is 15.4 Å². The lowest BCUT2D eigenvalue weighted by molar-refractivity contribution is 0.0490. The molecule has 0 radical (unpaired) electrons. The quantitative estimate of drug-likeness (QED) is 0.491. The van der Waals surface area contributed by atoms with Gasteiger partial charge in [-0.1, -0.05) is 37.1 Å². The van der Waals surface area contributed by atoms with Crippen LogP contribution in [-0.2, 0) is 11.4 Å². The zero-order valence-electron chi connectivity index (χ0n) is 17.6. The van der Waals surface area contributed by atoms with Crippen molar-refractivity contribution in [1.82, 2.24) is 10.3 Å². The molecule has 1 fully saturated rings. The maximum atomic E-state index is 13.0. The average Bonchev–Trinajstić information content (AvgIpc) is 3.08. The van der Waals surface area contributed by atoms with Gasteiger partial charge in [0.15, 0.2) is 0 Å². The number of hydrogen-bond acceptors (Lipinski definition) is 5. The molecule has 0 saturated carbocycles. The first-order valence-electron chi connectivity index (χ1n) is 10.9. The zero-order chi connectivity index (χ0) is 21.5. The first kappa shape index (κ1) is 21.2. The molecule has 5 nitrogen and oxygen atoms in total. The molecule has 162 valence electrons. The lowest BCUT2D eigenvalue weighted by atomic mass is 10.1. The molecule has 0 bridgehead atoms. The van der Waals surface area contributed by atoms with Crippen LogP contribution >= 0.6 is 0 Å². The summed E-state index contributed by atoms with van der Waals surface area (Å²) in [7, 11) is 0. The largest absolute Gasteiger partial charge is 0.462 e. The Hall–Kier alpha value is -2.99. The number of carbonyl (C=O) groups excluding carboxylic acids is 1. The Balaban J connectivity index is 1.46. The van der Waals surface area contributed by atoms with Gasteiger partial charge in [0.25, 0.3) is 0 Å². The molecule has 2 aromatic carbocycles. The highest BCUT2D eigenvalue weighted by molar-refractivity contribution is 5.99. The molecule has 0 amide bonds. The Bertz CT molecular complexity index is 1030. The fraction of sp³-hybridized carbons (Fsp3) is 0.360. The number of esters is 1. The fourth-order valence-electron chi connectivity index (χ4n) is 4.02. The second-order valence-electron chi connectivity index (χ2n) is 7.94. The number of para-hydroxylation sites is 1. The maximum Gasteiger partial charge on any atom is 0.340 e. The van der Waals surface area contributed by atoms with Gasteiger partial charge >= 0.3 is 5.97 Å². The highest BCUT2D eigenvalue weighted by Gasteiger charge is 2.16. The van der Waals surface area contributed by atoms with Crippen LogP contribution < -0.4 is 10.6 Å². The maximum absolute atomic E-state index is 13.0. The minimum atomic E-state index is -0.527. The molecular weight excluding hydrogens is 393 g/mol. The normalized spacial score (nSPS) is 16.6. The van der Waals surface area contributed by atoms with Gasteiger partial charge in [-0.3, -0.25) is 4.98 Å². The summed E-state index contributed by atoms with van der Waals surface area (Å²) in [5.74, 6) is -0.338. The van der Waals surface area contributed by atoms with Gasteiger partial charge in [-0.05, 0) is 55.6 Å². The summed E-state index contributed by atoms with van der Waals surface area (Å²) in [6.45, 7) is 0.910. The summed E-state index contributed by atoms with van der Waals surface area (Å²) in [5.41, 5.74) is 3.25. The van der Waals surface area contributed by atoms with Gasteiger partial charge in [0.2, 0.25) is 0 Å². The number of fused-ring (bicyclic) bond motifs is 1. The van der Waals surface area contributed by atoms with Crippen LogP contribution in [0.2, 0.25) is 0 Å². The van der Waals surface area contributed by atoms with Crippen molar-refractivity contribution in [2.75, 3.05) is 18.5 Å². The number of nitrogens with one attached hydrogen (secondary N) is 2. The van der Waals surface area contributed by atoms with Crippen molar-refractivity contribution in [2.45, 2.75) is 44.8 Å². The van der Waals surface area contributed by atoms with Gasteiger partial charge in [-0.15, -0.1) is 0 Å². The summed E-state index contributed by atoms with van der Waals surface area (Å²) in [6, 6.07) is 14.9. The molecule has 0 aliphatic carbocycles. The predicted molar refractivity (Wildman–Crippen MR) is 121 cm³/mol. The Morgan fingerprint density at radius 1 is 1.13 bits per heavy atom. The lowest BCUT2D eigenvalue weighted by Crippen LogP contribution is -2.29. The van der Waals surface area contributed by atoms with Crippen LogP contribution in [0.25, 0.3) is 10.9 Å². The Morgan fingerprint density at radius 3 is 2.94 bits per heavy atom. The van der Waals surface area contributed by atoms with E-state index in [4.69, 9.17) is 4.74 Å². The van der Waals surface area contributed by atoms with E-state index in [1.165, 1.54) is 19.3 Å². The molecule has 1 aromatic heterocycles. The highest BCUT2D eigenvalue weighted by atomic mass is 19.1. The number of nitrogens with zero attached hydrogens (tertiary/aromatic N) is 1.